The van der Waals surface area contributed by atoms with Gasteiger partial charge >= 0.3 is 11.9 Å². The third-order valence-corrected chi connectivity index (χ3v) is 4.23. The van der Waals surface area contributed by atoms with E-state index >= 15 is 0 Å². The van der Waals surface area contributed by atoms with Gasteiger partial charge in [-0.15, -0.1) is 0 Å². The first-order chi connectivity index (χ1) is 7.93. The van der Waals surface area contributed by atoms with Crippen molar-refractivity contribution in [3.63, 3.8) is 0 Å². The van der Waals surface area contributed by atoms with E-state index in [1.54, 1.807) is 12.1 Å². The number of carboxylic acids is 2. The lowest BCUT2D eigenvalue weighted by molar-refractivity contribution is -0.137. The van der Waals surface area contributed by atoms with Crippen LogP contribution in [0, 0.1) is 3.57 Å². The van der Waals surface area contributed by atoms with Crippen LogP contribution < -0.4 is 0 Å². The van der Waals surface area contributed by atoms with E-state index in [4.69, 9.17) is 10.2 Å². The highest BCUT2D eigenvalue weighted by Gasteiger charge is 2.15. The Morgan fingerprint density at radius 3 is 1.82 bits per heavy atom. The Morgan fingerprint density at radius 1 is 1.12 bits per heavy atom. The van der Waals surface area contributed by atoms with Crippen molar-refractivity contribution in [2.24, 2.45) is 0 Å². The molecule has 0 radical (unpaired) electrons. The van der Waals surface area contributed by atoms with Gasteiger partial charge in [0, 0.05) is 4.47 Å². The number of aliphatic carboxylic acids is 2. The molecule has 0 saturated heterocycles. The van der Waals surface area contributed by atoms with Gasteiger partial charge in [0.1, 0.15) is 0 Å². The molecule has 0 fully saturated rings. The van der Waals surface area contributed by atoms with E-state index < -0.39 is 33.1 Å². The Morgan fingerprint density at radius 2 is 1.53 bits per heavy atom. The number of halogens is 2. The molecule has 0 atom stereocenters. The summed E-state index contributed by atoms with van der Waals surface area (Å²) >= 11 is 1.57. The topological polar surface area (TPSA) is 91.7 Å². The van der Waals surface area contributed by atoms with Gasteiger partial charge in [0.15, 0.2) is 21.2 Å². The van der Waals surface area contributed by atoms with Gasteiger partial charge in [-0.05, 0) is 23.3 Å². The minimum Gasteiger partial charge on any atom is -0.481 e. The molecule has 0 aliphatic rings. The molecule has 0 saturated carbocycles. The Kier molecular flexibility index (Phi) is 5.19. The van der Waals surface area contributed by atoms with E-state index in [0.717, 1.165) is 0 Å². The molecule has 1 rings (SSSR count). The van der Waals surface area contributed by atoms with Crippen molar-refractivity contribution in [2.45, 2.75) is 12.8 Å². The van der Waals surface area contributed by atoms with Crippen molar-refractivity contribution in [1.29, 1.82) is 0 Å². The van der Waals surface area contributed by atoms with E-state index in [2.05, 4.69) is 15.9 Å². The van der Waals surface area contributed by atoms with Gasteiger partial charge < -0.3 is 10.2 Å². The lowest BCUT2D eigenvalue weighted by atomic mass is 10.1. The van der Waals surface area contributed by atoms with E-state index in [-0.39, 0.29) is 12.8 Å². The third-order valence-electron chi connectivity index (χ3n) is 1.95. The number of carboxylic acid groups (broad SMARTS) is 2. The standard InChI is InChI=1S/C10H8BrIO5/c11-7-1-5(3-8(13)14)10(12-17)6(2-7)4-9(15)16/h1-2H,3-4H2,(H,13,14)(H,15,16). The van der Waals surface area contributed by atoms with Crippen molar-refractivity contribution in [1.82, 2.24) is 0 Å². The maximum atomic E-state index is 11.2. The lowest BCUT2D eigenvalue weighted by Gasteiger charge is -2.07. The highest BCUT2D eigenvalue weighted by molar-refractivity contribution is 14.1. The zero-order valence-electron chi connectivity index (χ0n) is 8.44. The number of carbonyl (C=O) groups is 2. The second kappa shape index (κ2) is 6.20. The summed E-state index contributed by atoms with van der Waals surface area (Å²) < 4.78 is 12.1. The van der Waals surface area contributed by atoms with Gasteiger partial charge in [0.25, 0.3) is 0 Å². The minimum absolute atomic E-state index is 0.261. The van der Waals surface area contributed by atoms with Crippen LogP contribution in [0.3, 0.4) is 0 Å². The molecule has 0 unspecified atom stereocenters. The zero-order valence-corrected chi connectivity index (χ0v) is 12.2. The molecule has 5 nitrogen and oxygen atoms in total. The van der Waals surface area contributed by atoms with Gasteiger partial charge in [-0.3, -0.25) is 12.7 Å². The van der Waals surface area contributed by atoms with Gasteiger partial charge in [-0.1, -0.05) is 15.9 Å². The normalized spacial score (nSPS) is 10.2. The SMILES string of the molecule is O=Ic1c(CC(=O)O)cc(Br)cc1CC(=O)O. The van der Waals surface area contributed by atoms with Gasteiger partial charge in [0.2, 0.25) is 0 Å². The molecule has 2 N–H and O–H groups in total. The number of hydrogen-bond acceptors (Lipinski definition) is 3. The van der Waals surface area contributed by atoms with Crippen molar-refractivity contribution in [3.8, 4) is 0 Å². The van der Waals surface area contributed by atoms with Crippen LogP contribution in [0.5, 0.6) is 0 Å². The van der Waals surface area contributed by atoms with Crippen LogP contribution in [-0.2, 0) is 25.5 Å². The maximum absolute atomic E-state index is 11.2. The van der Waals surface area contributed by atoms with Crippen molar-refractivity contribution < 1.29 is 22.9 Å². The van der Waals surface area contributed by atoms with Gasteiger partial charge in [0.05, 0.1) is 16.4 Å². The average Bonchev–Trinajstić information content (AvgIpc) is 2.14. The summed E-state index contributed by atoms with van der Waals surface area (Å²) in [6, 6.07) is 3.12. The first kappa shape index (κ1) is 14.2. The maximum Gasteiger partial charge on any atom is 0.307 e. The minimum atomic E-state index is -1.61. The zero-order chi connectivity index (χ0) is 13.0. The average molecular weight is 415 g/mol. The fourth-order valence-electron chi connectivity index (χ4n) is 1.39. The Bertz CT molecular complexity index is 449. The van der Waals surface area contributed by atoms with E-state index in [1.807, 2.05) is 0 Å². The predicted octanol–water partition coefficient (Wildman–Crippen LogP) is 2.19. The van der Waals surface area contributed by atoms with Crippen molar-refractivity contribution >= 4 is 49.1 Å². The van der Waals surface area contributed by atoms with Crippen molar-refractivity contribution in [3.05, 3.63) is 31.3 Å². The first-order valence-corrected chi connectivity index (χ1v) is 7.21. The molecule has 1 aromatic rings. The quantitative estimate of drug-likeness (QED) is 0.720. The van der Waals surface area contributed by atoms with E-state index in [1.165, 1.54) is 0 Å². The molecule has 17 heavy (non-hydrogen) atoms. The largest absolute Gasteiger partial charge is 0.481 e. The van der Waals surface area contributed by atoms with E-state index in [0.29, 0.717) is 19.2 Å². The summed E-state index contributed by atoms with van der Waals surface area (Å²) in [5.74, 6) is -2.08. The van der Waals surface area contributed by atoms with Crippen LogP contribution in [0.25, 0.3) is 0 Å². The number of hydrogen-bond donors (Lipinski definition) is 2. The summed E-state index contributed by atoms with van der Waals surface area (Å²) in [6.45, 7) is 0. The van der Waals surface area contributed by atoms with E-state index in [9.17, 15) is 12.7 Å². The second-order valence-electron chi connectivity index (χ2n) is 3.26. The van der Waals surface area contributed by atoms with Crippen molar-refractivity contribution in [2.75, 3.05) is 0 Å². The molecular formula is C10H8BrIO5. The molecule has 1 aromatic carbocycles. The Hall–Kier alpha value is -0.830. The fourth-order valence-corrected chi connectivity index (χ4v) is 3.20. The van der Waals surface area contributed by atoms with Gasteiger partial charge in [-0.25, -0.2) is 0 Å². The summed E-state index contributed by atoms with van der Waals surface area (Å²) in [5, 5.41) is 17.5. The summed E-state index contributed by atoms with van der Waals surface area (Å²) in [7, 11) is 0. The molecule has 0 spiro atoms. The molecule has 0 aromatic heterocycles. The first-order valence-electron chi connectivity index (χ1n) is 4.46. The number of benzene rings is 1. The second-order valence-corrected chi connectivity index (χ2v) is 5.69. The van der Waals surface area contributed by atoms with Crippen LogP contribution in [-0.4, -0.2) is 22.2 Å². The van der Waals surface area contributed by atoms with Crippen LogP contribution in [0.15, 0.2) is 16.6 Å². The van der Waals surface area contributed by atoms with Crippen LogP contribution in [0.1, 0.15) is 11.1 Å². The molecule has 0 heterocycles. The highest BCUT2D eigenvalue weighted by atomic mass is 127. The molecule has 0 amide bonds. The van der Waals surface area contributed by atoms with Crippen LogP contribution in [0.4, 0.5) is 0 Å². The molecule has 0 aliphatic carbocycles. The fraction of sp³-hybridized carbons (Fsp3) is 0.200. The Balaban J connectivity index is 3.28. The summed E-state index contributed by atoms with van der Waals surface area (Å²) in [6.07, 6.45) is -0.521. The summed E-state index contributed by atoms with van der Waals surface area (Å²) in [4.78, 5) is 21.3. The third kappa shape index (κ3) is 4.15. The van der Waals surface area contributed by atoms with Crippen LogP contribution >= 0.6 is 37.1 Å². The Labute approximate surface area is 116 Å². The lowest BCUT2D eigenvalue weighted by Crippen LogP contribution is -2.07. The molecular weight excluding hydrogens is 407 g/mol. The monoisotopic (exact) mass is 414 g/mol. The predicted molar refractivity (Wildman–Crippen MR) is 70.2 cm³/mol. The molecule has 7 heteroatoms. The molecule has 0 aliphatic heterocycles. The smallest absolute Gasteiger partial charge is 0.307 e. The highest BCUT2D eigenvalue weighted by Crippen LogP contribution is 2.26. The summed E-state index contributed by atoms with van der Waals surface area (Å²) in [5.41, 5.74) is 0.817. The molecule has 92 valence electrons. The number of rotatable bonds is 5. The van der Waals surface area contributed by atoms with Gasteiger partial charge in [-0.2, -0.15) is 0 Å². The molecule has 0 bridgehead atoms. The van der Waals surface area contributed by atoms with Crippen LogP contribution in [0.2, 0.25) is 0 Å².